The molecule has 0 aliphatic heterocycles. The molecule has 2 heterocycles. The minimum atomic E-state index is -0.554. The number of nitrogens with one attached hydrogen (secondary N) is 2. The molecule has 2 aromatic heterocycles. The fourth-order valence-corrected chi connectivity index (χ4v) is 3.33. The summed E-state index contributed by atoms with van der Waals surface area (Å²) in [5, 5.41) is 12.6. The molecule has 1 aliphatic rings. The highest BCUT2D eigenvalue weighted by molar-refractivity contribution is 8.00. The second-order valence-electron chi connectivity index (χ2n) is 5.91. The molecule has 134 valence electrons. The molecular formula is C16H20N4O4S. The summed E-state index contributed by atoms with van der Waals surface area (Å²) < 4.78 is 10.6. The predicted octanol–water partition coefficient (Wildman–Crippen LogP) is 2.97. The Morgan fingerprint density at radius 2 is 2.08 bits per heavy atom. The third-order valence-electron chi connectivity index (χ3n) is 3.96. The van der Waals surface area contributed by atoms with Crippen LogP contribution in [0.15, 0.2) is 32.5 Å². The summed E-state index contributed by atoms with van der Waals surface area (Å²) in [6, 6.07) is 3.11. The highest BCUT2D eigenvalue weighted by atomic mass is 32.2. The number of carbonyl (C=O) groups excluding carboxylic acids is 2. The van der Waals surface area contributed by atoms with Gasteiger partial charge in [-0.25, -0.2) is 4.79 Å². The van der Waals surface area contributed by atoms with Gasteiger partial charge in [0.05, 0.1) is 11.5 Å². The van der Waals surface area contributed by atoms with Crippen LogP contribution in [0.5, 0.6) is 0 Å². The summed E-state index contributed by atoms with van der Waals surface area (Å²) in [6.45, 7) is 1.67. The first kappa shape index (κ1) is 17.5. The van der Waals surface area contributed by atoms with E-state index in [1.165, 1.54) is 12.7 Å². The standard InChI is InChI=1S/C16H20N4O4S/c1-10(13(21)18-15(22)17-11-6-3-2-4-7-11)25-16-20-19-14(24-16)12-8-5-9-23-12/h5,8-11H,2-4,6-7H2,1H3,(H2,17,18,21,22)/t10-/m0/s1. The lowest BCUT2D eigenvalue weighted by molar-refractivity contribution is -0.119. The number of rotatable bonds is 5. The lowest BCUT2D eigenvalue weighted by Crippen LogP contribution is -2.47. The van der Waals surface area contributed by atoms with Gasteiger partial charge in [0.15, 0.2) is 5.76 Å². The summed E-state index contributed by atoms with van der Waals surface area (Å²) >= 11 is 1.08. The Morgan fingerprint density at radius 1 is 1.28 bits per heavy atom. The third kappa shape index (κ3) is 4.85. The molecule has 0 aromatic carbocycles. The fraction of sp³-hybridized carbons (Fsp3) is 0.500. The molecule has 0 unspecified atom stereocenters. The van der Waals surface area contributed by atoms with Gasteiger partial charge in [0.2, 0.25) is 5.91 Å². The van der Waals surface area contributed by atoms with E-state index in [0.717, 1.165) is 37.4 Å². The fourth-order valence-electron chi connectivity index (χ4n) is 2.64. The molecule has 1 saturated carbocycles. The Balaban J connectivity index is 1.48. The van der Waals surface area contributed by atoms with Crippen molar-refractivity contribution in [3.05, 3.63) is 18.4 Å². The first-order chi connectivity index (χ1) is 12.1. The van der Waals surface area contributed by atoms with Crippen LogP contribution >= 0.6 is 11.8 Å². The van der Waals surface area contributed by atoms with Crippen LogP contribution in [0.25, 0.3) is 11.7 Å². The number of thioether (sulfide) groups is 1. The molecule has 0 spiro atoms. The second-order valence-corrected chi connectivity index (χ2v) is 7.20. The van der Waals surface area contributed by atoms with Crippen LogP contribution in [-0.4, -0.2) is 33.4 Å². The molecule has 1 atom stereocenters. The maximum atomic E-state index is 12.1. The van der Waals surface area contributed by atoms with Crippen LogP contribution < -0.4 is 10.6 Å². The van der Waals surface area contributed by atoms with Gasteiger partial charge in [-0.1, -0.05) is 31.0 Å². The minimum absolute atomic E-state index is 0.149. The van der Waals surface area contributed by atoms with Crippen molar-refractivity contribution in [1.29, 1.82) is 0 Å². The number of carbonyl (C=O) groups is 2. The summed E-state index contributed by atoms with van der Waals surface area (Å²) in [4.78, 5) is 24.1. The quantitative estimate of drug-likeness (QED) is 0.785. The molecule has 2 aromatic rings. The van der Waals surface area contributed by atoms with E-state index in [1.807, 2.05) is 0 Å². The number of hydrogen-bond donors (Lipinski definition) is 2. The summed E-state index contributed by atoms with van der Waals surface area (Å²) in [6.07, 6.45) is 6.86. The Labute approximate surface area is 149 Å². The van der Waals surface area contributed by atoms with Crippen molar-refractivity contribution >= 4 is 23.7 Å². The molecule has 0 radical (unpaired) electrons. The van der Waals surface area contributed by atoms with E-state index in [4.69, 9.17) is 8.83 Å². The van der Waals surface area contributed by atoms with Crippen LogP contribution in [0, 0.1) is 0 Å². The van der Waals surface area contributed by atoms with E-state index in [9.17, 15) is 9.59 Å². The Hall–Kier alpha value is -2.29. The van der Waals surface area contributed by atoms with Gasteiger partial charge in [-0.15, -0.1) is 10.2 Å². The van der Waals surface area contributed by atoms with Crippen LogP contribution in [-0.2, 0) is 4.79 Å². The van der Waals surface area contributed by atoms with E-state index in [-0.39, 0.29) is 17.2 Å². The van der Waals surface area contributed by atoms with Gasteiger partial charge < -0.3 is 14.2 Å². The van der Waals surface area contributed by atoms with Crippen molar-refractivity contribution in [2.75, 3.05) is 0 Å². The SMILES string of the molecule is C[C@H](Sc1nnc(-c2ccco2)o1)C(=O)NC(=O)NC1CCCCC1. The van der Waals surface area contributed by atoms with Crippen molar-refractivity contribution in [3.63, 3.8) is 0 Å². The Kier molecular flexibility index (Phi) is 5.75. The van der Waals surface area contributed by atoms with E-state index in [1.54, 1.807) is 19.1 Å². The average Bonchev–Trinajstić information content (AvgIpc) is 3.26. The van der Waals surface area contributed by atoms with E-state index in [0.29, 0.717) is 5.76 Å². The monoisotopic (exact) mass is 364 g/mol. The van der Waals surface area contributed by atoms with Gasteiger partial charge in [-0.2, -0.15) is 0 Å². The summed E-state index contributed by atoms with van der Waals surface area (Å²) in [5.74, 6) is 0.300. The van der Waals surface area contributed by atoms with Gasteiger partial charge >= 0.3 is 6.03 Å². The van der Waals surface area contributed by atoms with Crippen molar-refractivity contribution < 1.29 is 18.4 Å². The molecule has 3 amide bonds. The number of nitrogens with zero attached hydrogens (tertiary/aromatic N) is 2. The van der Waals surface area contributed by atoms with Gasteiger partial charge in [0, 0.05) is 6.04 Å². The highest BCUT2D eigenvalue weighted by Crippen LogP contribution is 2.26. The van der Waals surface area contributed by atoms with E-state index < -0.39 is 17.2 Å². The van der Waals surface area contributed by atoms with Gasteiger partial charge in [0.1, 0.15) is 0 Å². The van der Waals surface area contributed by atoms with Crippen LogP contribution in [0.2, 0.25) is 0 Å². The Bertz CT molecular complexity index is 710. The van der Waals surface area contributed by atoms with Gasteiger partial charge in [-0.05, 0) is 31.9 Å². The normalized spacial score (nSPS) is 16.4. The lowest BCUT2D eigenvalue weighted by atomic mass is 9.96. The molecule has 1 aliphatic carbocycles. The number of furan rings is 1. The predicted molar refractivity (Wildman–Crippen MR) is 90.9 cm³/mol. The molecule has 3 rings (SSSR count). The van der Waals surface area contributed by atoms with Gasteiger partial charge in [-0.3, -0.25) is 10.1 Å². The third-order valence-corrected chi connectivity index (χ3v) is 4.90. The molecule has 2 N–H and O–H groups in total. The first-order valence-corrected chi connectivity index (χ1v) is 9.15. The number of imide groups is 1. The Morgan fingerprint density at radius 3 is 2.80 bits per heavy atom. The maximum Gasteiger partial charge on any atom is 0.321 e. The van der Waals surface area contributed by atoms with Crippen LogP contribution in [0.3, 0.4) is 0 Å². The number of urea groups is 1. The zero-order chi connectivity index (χ0) is 17.6. The molecular weight excluding hydrogens is 344 g/mol. The number of aromatic nitrogens is 2. The molecule has 1 fully saturated rings. The van der Waals surface area contributed by atoms with Crippen LogP contribution in [0.1, 0.15) is 39.0 Å². The lowest BCUT2D eigenvalue weighted by Gasteiger charge is -2.22. The smallest absolute Gasteiger partial charge is 0.321 e. The minimum Gasteiger partial charge on any atom is -0.459 e. The average molecular weight is 364 g/mol. The van der Waals surface area contributed by atoms with Crippen LogP contribution in [0.4, 0.5) is 4.79 Å². The highest BCUT2D eigenvalue weighted by Gasteiger charge is 2.22. The molecule has 8 nitrogen and oxygen atoms in total. The topological polar surface area (TPSA) is 110 Å². The van der Waals surface area contributed by atoms with Crippen molar-refractivity contribution in [2.24, 2.45) is 0 Å². The summed E-state index contributed by atoms with van der Waals surface area (Å²) in [7, 11) is 0. The van der Waals surface area contributed by atoms with E-state index >= 15 is 0 Å². The second kappa shape index (κ2) is 8.19. The largest absolute Gasteiger partial charge is 0.459 e. The maximum absolute atomic E-state index is 12.1. The number of hydrogen-bond acceptors (Lipinski definition) is 7. The van der Waals surface area contributed by atoms with Gasteiger partial charge in [0.25, 0.3) is 11.1 Å². The zero-order valence-electron chi connectivity index (χ0n) is 13.9. The van der Waals surface area contributed by atoms with Crippen molar-refractivity contribution in [2.45, 2.75) is 55.5 Å². The molecule has 25 heavy (non-hydrogen) atoms. The molecule has 0 saturated heterocycles. The summed E-state index contributed by atoms with van der Waals surface area (Å²) in [5.41, 5.74) is 0. The number of amides is 3. The first-order valence-electron chi connectivity index (χ1n) is 8.27. The zero-order valence-corrected chi connectivity index (χ0v) is 14.7. The molecule has 9 heteroatoms. The molecule has 0 bridgehead atoms. The van der Waals surface area contributed by atoms with Crippen molar-refractivity contribution in [3.8, 4) is 11.7 Å². The van der Waals surface area contributed by atoms with Crippen molar-refractivity contribution in [1.82, 2.24) is 20.8 Å². The van der Waals surface area contributed by atoms with E-state index in [2.05, 4.69) is 20.8 Å².